The first-order valence-electron chi connectivity index (χ1n) is 0.333. The molecule has 0 rings (SSSR count). The van der Waals surface area contributed by atoms with E-state index in [1.807, 2.05) is 0 Å². The van der Waals surface area contributed by atoms with Crippen molar-refractivity contribution in [3.63, 3.8) is 0 Å². The summed E-state index contributed by atoms with van der Waals surface area (Å²) in [6.45, 7) is 0. The molecule has 0 amide bonds. The Hall–Kier alpha value is -0.0805. The Balaban J connectivity index is 0. The molecule has 0 N–H and O–H groups in total. The van der Waals surface area contributed by atoms with Crippen LogP contribution >= 0.6 is 0 Å². The second-order valence-corrected chi connectivity index (χ2v) is 0.0680. The van der Waals surface area contributed by atoms with Gasteiger partial charge in [-0.15, -0.1) is 0 Å². The van der Waals surface area contributed by atoms with Crippen molar-refractivity contribution in [2.75, 3.05) is 0 Å². The molecule has 0 bridgehead atoms. The van der Waals surface area contributed by atoms with E-state index in [2.05, 4.69) is 0 Å². The topological polar surface area (TPSA) is 51.4 Å². The summed E-state index contributed by atoms with van der Waals surface area (Å²) in [5.74, 6) is 0. The molecule has 0 fully saturated rings. The molecule has 1 radical (unpaired) electrons. The van der Waals surface area contributed by atoms with Gasteiger partial charge in [0.05, 0.1) is 0 Å². The van der Waals surface area contributed by atoms with Gasteiger partial charge < -0.3 is 0 Å². The van der Waals surface area contributed by atoms with Crippen molar-refractivity contribution in [1.82, 2.24) is 0 Å². The van der Waals surface area contributed by atoms with E-state index >= 15 is 0 Å². The van der Waals surface area contributed by atoms with Gasteiger partial charge in [0.15, 0.2) is 4.75 Å². The first kappa shape index (κ1) is 9.07. The van der Waals surface area contributed by atoms with Crippen molar-refractivity contribution in [1.29, 1.82) is 0 Å². The molecule has 0 spiro atoms. The zero-order valence-electron chi connectivity index (χ0n) is 1.60. The Kier molecular flexibility index (Phi) is 28.8. The molecule has 0 aliphatic rings. The van der Waals surface area contributed by atoms with Crippen LogP contribution in [0, 0.1) is 9.71 Å². The number of rotatable bonds is 0. The molecule has 0 aromatic heterocycles. The molecule has 0 aliphatic carbocycles. The quantitative estimate of drug-likeness (QED) is 0.168. The minimum Gasteiger partial charge on any atom is -0.0772 e. The van der Waals surface area contributed by atoms with Crippen LogP contribution in [0.2, 0.25) is 0 Å². The smallest absolute Gasteiger partial charge is 0.0772 e. The van der Waals surface area contributed by atoms with E-state index in [0.717, 1.165) is 0 Å². The molecule has 0 atom stereocenters. The molecule has 4 heteroatoms. The summed E-state index contributed by atoms with van der Waals surface area (Å²) in [4.78, 5) is 7.88. The summed E-state index contributed by atoms with van der Waals surface area (Å²) in [5.41, 5.74) is 0. The Bertz CT molecular complexity index is 10.8. The fourth-order valence-corrected chi connectivity index (χ4v) is 0. The third kappa shape index (κ3) is 250. The second-order valence-electron chi connectivity index (χ2n) is 0.0680. The summed E-state index contributed by atoms with van der Waals surface area (Å²) < 4.78 is 1.75. The van der Waals surface area contributed by atoms with Crippen LogP contribution in [-0.4, -0.2) is 0 Å². The molecule has 0 heterocycles. The van der Waals surface area contributed by atoms with Crippen LogP contribution in [0.25, 0.3) is 0 Å². The zero-order chi connectivity index (χ0) is 2.71. The molecule has 4 heavy (non-hydrogen) atoms. The first-order valence-corrected chi connectivity index (χ1v) is 0.333. The van der Waals surface area contributed by atoms with Crippen molar-refractivity contribution >= 4 is 0 Å². The maximum atomic E-state index is 7.88. The van der Waals surface area contributed by atoms with E-state index in [9.17, 15) is 0 Å². The van der Waals surface area contributed by atoms with Crippen molar-refractivity contribution in [3.8, 4) is 0 Å². The van der Waals surface area contributed by atoms with E-state index in [1.165, 1.54) is 0 Å². The van der Waals surface area contributed by atoms with Gasteiger partial charge >= 0.3 is 0 Å². The predicted molar refractivity (Wildman–Crippen MR) is 6.73 cm³/mol. The minimum absolute atomic E-state index is 0. The van der Waals surface area contributed by atoms with Crippen LogP contribution in [0.1, 0.15) is 0 Å². The van der Waals surface area contributed by atoms with Gasteiger partial charge in [0.1, 0.15) is 0 Å². The largest absolute Gasteiger partial charge is 0.154 e. The van der Waals surface area contributed by atoms with E-state index in [0.29, 0.717) is 0 Å². The SMILES string of the molecule is O=[O+][O-].[Mn]. The van der Waals surface area contributed by atoms with E-state index in [-0.39, 0.29) is 17.1 Å². The van der Waals surface area contributed by atoms with E-state index < -0.39 is 0 Å². The van der Waals surface area contributed by atoms with Gasteiger partial charge in [-0.25, -0.2) is 0 Å². The summed E-state index contributed by atoms with van der Waals surface area (Å²) in [5, 5.41) is 7.88. The van der Waals surface area contributed by atoms with Crippen LogP contribution in [-0.2, 0) is 17.1 Å². The Labute approximate surface area is 32.9 Å². The summed E-state index contributed by atoms with van der Waals surface area (Å²) >= 11 is 0. The molecule has 3 nitrogen and oxygen atoms in total. The Morgan fingerprint density at radius 1 is 1.75 bits per heavy atom. The maximum absolute atomic E-state index is 7.88. The van der Waals surface area contributed by atoms with Crippen LogP contribution in [0.15, 0.2) is 0 Å². The monoisotopic (exact) mass is 103 g/mol. The Morgan fingerprint density at radius 2 is 1.75 bits per heavy atom. The van der Waals surface area contributed by atoms with Gasteiger partial charge in [-0.1, -0.05) is 10.2 Å². The molecule has 0 aliphatic heterocycles. The van der Waals surface area contributed by atoms with Crippen molar-refractivity contribution in [2.24, 2.45) is 0 Å². The van der Waals surface area contributed by atoms with E-state index in [4.69, 9.17) is 10.2 Å². The molecule has 0 saturated carbocycles. The fraction of sp³-hybridized carbons (Fsp3) is 0. The standard InChI is InChI=1S/Mn.O3/c;1-3-2. The van der Waals surface area contributed by atoms with Crippen molar-refractivity contribution < 1.29 is 22.3 Å². The van der Waals surface area contributed by atoms with Gasteiger partial charge in [-0.3, -0.25) is 0 Å². The third-order valence-corrected chi connectivity index (χ3v) is 0. The fourth-order valence-electron chi connectivity index (χ4n) is 0. The van der Waals surface area contributed by atoms with Crippen molar-refractivity contribution in [2.45, 2.75) is 0 Å². The molecular formula is MnO3. The van der Waals surface area contributed by atoms with Crippen LogP contribution in [0.5, 0.6) is 0 Å². The average Bonchev–Trinajstić information content (AvgIpc) is 0.918. The third-order valence-electron chi connectivity index (χ3n) is 0. The molecule has 25 valence electrons. The van der Waals surface area contributed by atoms with Gasteiger partial charge in [0.25, 0.3) is 0 Å². The predicted octanol–water partition coefficient (Wildman–Crippen LogP) is -1.12. The normalized spacial score (nSPS) is 3.00. The Morgan fingerprint density at radius 3 is 1.75 bits per heavy atom. The second kappa shape index (κ2) is 12.7. The molecule has 0 saturated heterocycles. The summed E-state index contributed by atoms with van der Waals surface area (Å²) in [6, 6.07) is 0. The van der Waals surface area contributed by atoms with Crippen LogP contribution in [0.4, 0.5) is 0 Å². The average molecular weight is 103 g/mol. The molecule has 0 aromatic rings. The molecule has 0 aromatic carbocycles. The van der Waals surface area contributed by atoms with Gasteiger partial charge in [0, 0.05) is 17.1 Å². The number of hydrogen-bond donors (Lipinski definition) is 0. The van der Waals surface area contributed by atoms with Gasteiger partial charge in [-0.2, -0.15) is 0 Å². The summed E-state index contributed by atoms with van der Waals surface area (Å²) in [6.07, 6.45) is 0. The van der Waals surface area contributed by atoms with Crippen LogP contribution < -0.4 is 5.26 Å². The van der Waals surface area contributed by atoms with Gasteiger partial charge in [-0.05, 0) is 0 Å². The van der Waals surface area contributed by atoms with Crippen molar-refractivity contribution in [3.05, 3.63) is 9.71 Å². The van der Waals surface area contributed by atoms with Crippen LogP contribution in [0.3, 0.4) is 0 Å². The molecule has 0 unspecified atom stereocenters. The zero-order valence-corrected chi connectivity index (χ0v) is 2.78. The first-order chi connectivity index (χ1) is 1.41. The number of hydrogen-bond acceptors (Lipinski definition) is 2. The minimum atomic E-state index is 0. The maximum Gasteiger partial charge on any atom is 0.154 e. The molecular weight excluding hydrogens is 103 g/mol. The van der Waals surface area contributed by atoms with E-state index in [1.54, 1.807) is 4.75 Å². The summed E-state index contributed by atoms with van der Waals surface area (Å²) in [7, 11) is 0. The van der Waals surface area contributed by atoms with Gasteiger partial charge in [0.2, 0.25) is 0 Å².